The molecule has 12 heteroatoms. The first-order valence-corrected chi connectivity index (χ1v) is 13.8. The summed E-state index contributed by atoms with van der Waals surface area (Å²) >= 11 is 3.27. The molecule has 0 aliphatic heterocycles. The van der Waals surface area contributed by atoms with Crippen molar-refractivity contribution in [1.82, 2.24) is 4.98 Å². The van der Waals surface area contributed by atoms with Crippen molar-refractivity contribution in [3.8, 4) is 11.1 Å². The van der Waals surface area contributed by atoms with Crippen LogP contribution in [0.25, 0.3) is 11.1 Å². The molecule has 0 aliphatic rings. The molecule has 0 spiro atoms. The first kappa shape index (κ1) is 27.8. The highest BCUT2D eigenvalue weighted by atomic mass is 79.9. The zero-order valence-electron chi connectivity index (χ0n) is 20.2. The van der Waals surface area contributed by atoms with Gasteiger partial charge in [0.15, 0.2) is 5.78 Å². The van der Waals surface area contributed by atoms with Crippen LogP contribution in [0.3, 0.4) is 0 Å². The van der Waals surface area contributed by atoms with E-state index in [0.717, 1.165) is 4.47 Å². The Labute approximate surface area is 232 Å². The normalized spacial score (nSPS) is 11.1. The number of pyridine rings is 1. The van der Waals surface area contributed by atoms with Gasteiger partial charge in [0.05, 0.1) is 16.2 Å². The van der Waals surface area contributed by atoms with Crippen LogP contribution in [0.1, 0.15) is 21.5 Å². The fourth-order valence-corrected chi connectivity index (χ4v) is 4.93. The minimum atomic E-state index is -3.96. The molecular weight excluding hydrogens is 588 g/mol. The number of anilines is 1. The summed E-state index contributed by atoms with van der Waals surface area (Å²) in [4.78, 5) is 40.6. The molecule has 4 rings (SSSR count). The number of nitrogens with two attached hydrogens (primary N) is 1. The van der Waals surface area contributed by atoms with E-state index in [1.54, 1.807) is 54.6 Å². The van der Waals surface area contributed by atoms with Gasteiger partial charge in [0.2, 0.25) is 15.9 Å². The number of benzene rings is 3. The lowest BCUT2D eigenvalue weighted by Gasteiger charge is -2.11. The lowest BCUT2D eigenvalue weighted by atomic mass is 9.95. The number of nitrogens with zero attached hydrogens (tertiary/aromatic N) is 2. The Bertz CT molecular complexity index is 1670. The first-order valence-electron chi connectivity index (χ1n) is 11.4. The van der Waals surface area contributed by atoms with Crippen LogP contribution in [0.15, 0.2) is 94.4 Å². The van der Waals surface area contributed by atoms with Crippen LogP contribution in [0.5, 0.6) is 0 Å². The SMILES string of the molecule is NS(=O)(=O)c1ccccc1-c1ccc(C(=O)Cc2cc([N+](=O)[O-])ccc2CC(=O)Nc2ccc(Br)cn2)cc1. The van der Waals surface area contributed by atoms with Gasteiger partial charge in [-0.2, -0.15) is 0 Å². The molecule has 0 aliphatic carbocycles. The number of ketones is 1. The molecule has 0 bridgehead atoms. The second-order valence-electron chi connectivity index (χ2n) is 8.52. The van der Waals surface area contributed by atoms with E-state index >= 15 is 0 Å². The summed E-state index contributed by atoms with van der Waals surface area (Å²) in [6.07, 6.45) is 1.22. The Kier molecular flexibility index (Phi) is 8.29. The van der Waals surface area contributed by atoms with Crippen molar-refractivity contribution >= 4 is 49.1 Å². The molecule has 4 aromatic rings. The summed E-state index contributed by atoms with van der Waals surface area (Å²) < 4.78 is 24.6. The van der Waals surface area contributed by atoms with E-state index < -0.39 is 20.9 Å². The average molecular weight is 609 g/mol. The number of nitro benzene ring substituents is 1. The Morgan fingerprint density at radius 3 is 2.31 bits per heavy atom. The van der Waals surface area contributed by atoms with Gasteiger partial charge in [-0.1, -0.05) is 48.5 Å². The number of aromatic nitrogens is 1. The summed E-state index contributed by atoms with van der Waals surface area (Å²) in [6.45, 7) is 0. The Hall–Kier alpha value is -4.26. The monoisotopic (exact) mass is 608 g/mol. The van der Waals surface area contributed by atoms with Gasteiger partial charge in [-0.15, -0.1) is 0 Å². The maximum Gasteiger partial charge on any atom is 0.269 e. The number of carbonyl (C=O) groups is 2. The predicted molar refractivity (Wildman–Crippen MR) is 149 cm³/mol. The van der Waals surface area contributed by atoms with Crippen molar-refractivity contribution < 1.29 is 22.9 Å². The Morgan fingerprint density at radius 1 is 0.949 bits per heavy atom. The molecule has 0 radical (unpaired) electrons. The van der Waals surface area contributed by atoms with E-state index in [1.165, 1.54) is 30.5 Å². The molecule has 198 valence electrons. The predicted octanol–water partition coefficient (Wildman–Crippen LogP) is 4.67. The molecule has 0 saturated carbocycles. The van der Waals surface area contributed by atoms with Gasteiger partial charge in [0.1, 0.15) is 5.82 Å². The van der Waals surface area contributed by atoms with Crippen LogP contribution in [0.2, 0.25) is 0 Å². The van der Waals surface area contributed by atoms with Crippen molar-refractivity contribution in [2.24, 2.45) is 5.14 Å². The number of Topliss-reactive ketones (excluding diaryl/α,β-unsaturated/α-hetero) is 1. The van der Waals surface area contributed by atoms with Crippen LogP contribution >= 0.6 is 15.9 Å². The largest absolute Gasteiger partial charge is 0.310 e. The zero-order valence-corrected chi connectivity index (χ0v) is 22.6. The molecule has 0 atom stereocenters. The Balaban J connectivity index is 1.56. The third kappa shape index (κ3) is 6.99. The fourth-order valence-electron chi connectivity index (χ4n) is 3.94. The van der Waals surface area contributed by atoms with Crippen molar-refractivity contribution in [3.05, 3.63) is 116 Å². The third-order valence-corrected chi connectivity index (χ3v) is 7.25. The highest BCUT2D eigenvalue weighted by Gasteiger charge is 2.18. The van der Waals surface area contributed by atoms with Crippen molar-refractivity contribution in [2.45, 2.75) is 17.7 Å². The molecule has 10 nitrogen and oxygen atoms in total. The molecular formula is C27H21BrN4O6S. The summed E-state index contributed by atoms with van der Waals surface area (Å²) in [5.41, 5.74) is 1.86. The number of sulfonamides is 1. The summed E-state index contributed by atoms with van der Waals surface area (Å²) in [5.74, 6) is -0.393. The lowest BCUT2D eigenvalue weighted by Crippen LogP contribution is -2.17. The number of non-ortho nitro benzene ring substituents is 1. The minimum Gasteiger partial charge on any atom is -0.310 e. The van der Waals surface area contributed by atoms with Crippen molar-refractivity contribution in [1.29, 1.82) is 0 Å². The minimum absolute atomic E-state index is 0.0399. The van der Waals surface area contributed by atoms with Gasteiger partial charge in [0, 0.05) is 40.4 Å². The first-order chi connectivity index (χ1) is 18.5. The number of hydrogen-bond acceptors (Lipinski definition) is 7. The molecule has 1 aromatic heterocycles. The van der Waals surface area contributed by atoms with Gasteiger partial charge in [-0.25, -0.2) is 18.5 Å². The molecule has 3 aromatic carbocycles. The number of rotatable bonds is 9. The second kappa shape index (κ2) is 11.6. The molecule has 1 amide bonds. The van der Waals surface area contributed by atoms with Crippen LogP contribution in [0, 0.1) is 10.1 Å². The molecule has 0 saturated heterocycles. The van der Waals surface area contributed by atoms with Gasteiger partial charge in [-0.3, -0.25) is 19.7 Å². The fraction of sp³-hybridized carbons (Fsp3) is 0.0741. The van der Waals surface area contributed by atoms with Crippen LogP contribution in [-0.2, 0) is 27.7 Å². The summed E-state index contributed by atoms with van der Waals surface area (Å²) in [6, 6.07) is 19.9. The molecule has 39 heavy (non-hydrogen) atoms. The number of nitro groups is 1. The quantitative estimate of drug-likeness (QED) is 0.158. The smallest absolute Gasteiger partial charge is 0.269 e. The maximum absolute atomic E-state index is 13.1. The zero-order chi connectivity index (χ0) is 28.2. The maximum atomic E-state index is 13.1. The standard InChI is InChI=1S/C27H21BrN4O6S/c28-21-10-12-26(30-16-21)31-27(34)15-19-9-11-22(32(35)36)13-20(19)14-24(33)18-7-5-17(6-8-18)23-3-1-2-4-25(23)39(29,37)38/h1-13,16H,14-15H2,(H2,29,37,38)(H,30,31,34). The van der Waals surface area contributed by atoms with Gasteiger partial charge in [0.25, 0.3) is 5.69 Å². The Morgan fingerprint density at radius 2 is 1.67 bits per heavy atom. The van der Waals surface area contributed by atoms with Gasteiger partial charge >= 0.3 is 0 Å². The second-order valence-corrected chi connectivity index (χ2v) is 11.0. The van der Waals surface area contributed by atoms with Crippen LogP contribution in [0.4, 0.5) is 11.5 Å². The van der Waals surface area contributed by atoms with E-state index in [4.69, 9.17) is 5.14 Å². The highest BCUT2D eigenvalue weighted by molar-refractivity contribution is 9.10. The van der Waals surface area contributed by atoms with E-state index in [0.29, 0.717) is 33.6 Å². The van der Waals surface area contributed by atoms with E-state index in [9.17, 15) is 28.1 Å². The van der Waals surface area contributed by atoms with Gasteiger partial charge in [-0.05, 0) is 50.8 Å². The van der Waals surface area contributed by atoms with Crippen LogP contribution in [-0.4, -0.2) is 30.0 Å². The number of hydrogen-bond donors (Lipinski definition) is 2. The van der Waals surface area contributed by atoms with Crippen LogP contribution < -0.4 is 10.5 Å². The van der Waals surface area contributed by atoms with Crippen molar-refractivity contribution in [3.63, 3.8) is 0 Å². The number of amides is 1. The molecule has 3 N–H and O–H groups in total. The molecule has 0 fully saturated rings. The number of primary sulfonamides is 1. The number of halogens is 1. The average Bonchev–Trinajstić information content (AvgIpc) is 2.90. The van der Waals surface area contributed by atoms with E-state index in [2.05, 4.69) is 26.2 Å². The van der Waals surface area contributed by atoms with Gasteiger partial charge < -0.3 is 5.32 Å². The molecule has 1 heterocycles. The number of carbonyl (C=O) groups excluding carboxylic acids is 2. The summed E-state index contributed by atoms with van der Waals surface area (Å²) in [5, 5.41) is 19.3. The third-order valence-electron chi connectivity index (χ3n) is 5.81. The summed E-state index contributed by atoms with van der Waals surface area (Å²) in [7, 11) is -3.96. The lowest BCUT2D eigenvalue weighted by molar-refractivity contribution is -0.384. The topological polar surface area (TPSA) is 162 Å². The van der Waals surface area contributed by atoms with Crippen molar-refractivity contribution in [2.75, 3.05) is 5.32 Å². The van der Waals surface area contributed by atoms with E-state index in [-0.39, 0.29) is 29.2 Å². The highest BCUT2D eigenvalue weighted by Crippen LogP contribution is 2.27. The number of nitrogens with one attached hydrogen (secondary N) is 1. The van der Waals surface area contributed by atoms with E-state index in [1.807, 2.05) is 0 Å². The molecule has 0 unspecified atom stereocenters.